The van der Waals surface area contributed by atoms with Crippen LogP contribution in [0.1, 0.15) is 5.56 Å². The molecule has 1 aliphatic rings. The number of thiocarbonyl (C=S) groups is 1. The van der Waals surface area contributed by atoms with Crippen LogP contribution >= 0.6 is 24.0 Å². The van der Waals surface area contributed by atoms with Gasteiger partial charge in [0.05, 0.1) is 22.4 Å². The van der Waals surface area contributed by atoms with Crippen molar-refractivity contribution in [3.8, 4) is 16.9 Å². The Kier molecular flexibility index (Phi) is 6.24. The number of aromatic nitrogens is 2. The summed E-state index contributed by atoms with van der Waals surface area (Å²) in [5.41, 5.74) is 3.51. The molecule has 0 radical (unpaired) electrons. The zero-order valence-corrected chi connectivity index (χ0v) is 18.7. The van der Waals surface area contributed by atoms with Crippen LogP contribution in [0.15, 0.2) is 66.9 Å². The highest BCUT2D eigenvalue weighted by molar-refractivity contribution is 8.24. The van der Waals surface area contributed by atoms with Crippen LogP contribution in [0.5, 0.6) is 0 Å². The minimum atomic E-state index is -4.18. The molecule has 1 aliphatic heterocycles. The summed E-state index contributed by atoms with van der Waals surface area (Å²) in [7, 11) is -4.18. The first-order chi connectivity index (χ1) is 14.8. The highest BCUT2D eigenvalue weighted by atomic mass is 32.2. The number of carbonyl (C=O) groups excluding carboxylic acids is 1. The second kappa shape index (κ2) is 8.91. The van der Waals surface area contributed by atoms with Gasteiger partial charge in [0.1, 0.15) is 4.32 Å². The second-order valence-electron chi connectivity index (χ2n) is 7.00. The third-order valence-electron chi connectivity index (χ3n) is 4.84. The Bertz CT molecular complexity index is 1210. The fourth-order valence-corrected chi connectivity index (χ4v) is 5.33. The van der Waals surface area contributed by atoms with Crippen molar-refractivity contribution in [3.05, 3.63) is 72.4 Å². The van der Waals surface area contributed by atoms with E-state index in [9.17, 15) is 13.2 Å². The lowest BCUT2D eigenvalue weighted by Gasteiger charge is -2.14. The number of hydrogen-bond acceptors (Lipinski definition) is 6. The molecule has 3 aromatic rings. The molecular formula is C21H19N3O4S3. The minimum absolute atomic E-state index is 0.158. The van der Waals surface area contributed by atoms with Crippen LogP contribution in [0.3, 0.4) is 0 Å². The molecule has 4 rings (SSSR count). The first-order valence-electron chi connectivity index (χ1n) is 9.48. The van der Waals surface area contributed by atoms with Crippen LogP contribution in [0.4, 0.5) is 0 Å². The standard InChI is InChI=1S/C21H19N3O4S3/c25-20-18(30-21(29)23(20)11-12-31(26,27)28)13-16-14-24(17-9-5-2-6-10-17)22-19(16)15-7-3-1-4-8-15/h1-10,14,18H,11-13H2,(H,26,27,28). The van der Waals surface area contributed by atoms with E-state index in [2.05, 4.69) is 0 Å². The van der Waals surface area contributed by atoms with Gasteiger partial charge in [0.25, 0.3) is 10.1 Å². The van der Waals surface area contributed by atoms with Gasteiger partial charge in [0.2, 0.25) is 5.91 Å². The Balaban J connectivity index is 1.63. The van der Waals surface area contributed by atoms with Crippen molar-refractivity contribution in [2.24, 2.45) is 0 Å². The molecule has 1 saturated heterocycles. The molecule has 1 amide bonds. The zero-order valence-electron chi connectivity index (χ0n) is 16.3. The number of thioether (sulfide) groups is 1. The lowest BCUT2D eigenvalue weighted by Crippen LogP contribution is -2.35. The smallest absolute Gasteiger partial charge is 0.266 e. The van der Waals surface area contributed by atoms with Crippen molar-refractivity contribution in [2.45, 2.75) is 11.7 Å². The topological polar surface area (TPSA) is 92.5 Å². The number of carbonyl (C=O) groups is 1. The molecule has 0 spiro atoms. The molecule has 2 aromatic carbocycles. The molecule has 7 nitrogen and oxygen atoms in total. The molecule has 2 heterocycles. The fourth-order valence-electron chi connectivity index (χ4n) is 3.35. The summed E-state index contributed by atoms with van der Waals surface area (Å²) in [6.45, 7) is -0.158. The third-order valence-corrected chi connectivity index (χ3v) is 7.12. The molecule has 0 saturated carbocycles. The van der Waals surface area contributed by atoms with E-state index in [0.717, 1.165) is 22.5 Å². The fraction of sp³-hybridized carbons (Fsp3) is 0.190. The molecule has 1 aromatic heterocycles. The lowest BCUT2D eigenvalue weighted by molar-refractivity contribution is -0.125. The summed E-state index contributed by atoms with van der Waals surface area (Å²) in [6.07, 6.45) is 2.30. The van der Waals surface area contributed by atoms with Gasteiger partial charge in [-0.05, 0) is 18.6 Å². The monoisotopic (exact) mass is 473 g/mol. The van der Waals surface area contributed by atoms with Gasteiger partial charge in [-0.25, -0.2) is 4.68 Å². The number of nitrogens with zero attached hydrogens (tertiary/aromatic N) is 3. The molecule has 1 unspecified atom stereocenters. The quantitative estimate of drug-likeness (QED) is 0.416. The van der Waals surface area contributed by atoms with Gasteiger partial charge in [-0.3, -0.25) is 14.2 Å². The lowest BCUT2D eigenvalue weighted by atomic mass is 10.0. The number of rotatable bonds is 7. The van der Waals surface area contributed by atoms with E-state index < -0.39 is 21.1 Å². The number of amides is 1. The van der Waals surface area contributed by atoms with Crippen molar-refractivity contribution in [2.75, 3.05) is 12.3 Å². The van der Waals surface area contributed by atoms with E-state index in [0.29, 0.717) is 10.7 Å². The summed E-state index contributed by atoms with van der Waals surface area (Å²) >= 11 is 6.51. The van der Waals surface area contributed by atoms with Crippen LogP contribution in [-0.2, 0) is 21.3 Å². The Labute approximate surface area is 189 Å². The van der Waals surface area contributed by atoms with Gasteiger partial charge in [-0.1, -0.05) is 72.5 Å². The predicted octanol–water partition coefficient (Wildman–Crippen LogP) is 3.20. The highest BCUT2D eigenvalue weighted by Crippen LogP contribution is 2.33. The Morgan fingerprint density at radius 2 is 1.71 bits per heavy atom. The van der Waals surface area contributed by atoms with Crippen LogP contribution < -0.4 is 0 Å². The van der Waals surface area contributed by atoms with Gasteiger partial charge >= 0.3 is 0 Å². The second-order valence-corrected chi connectivity index (χ2v) is 10.4. The van der Waals surface area contributed by atoms with E-state index in [1.165, 1.54) is 16.7 Å². The molecule has 0 bridgehead atoms. The van der Waals surface area contributed by atoms with E-state index in [4.69, 9.17) is 21.9 Å². The summed E-state index contributed by atoms with van der Waals surface area (Å²) in [6, 6.07) is 19.4. The summed E-state index contributed by atoms with van der Waals surface area (Å²) in [4.78, 5) is 14.1. The van der Waals surface area contributed by atoms with Gasteiger partial charge in [0.15, 0.2) is 0 Å². The Morgan fingerprint density at radius 1 is 1.06 bits per heavy atom. The average molecular weight is 474 g/mol. The van der Waals surface area contributed by atoms with Crippen molar-refractivity contribution in [3.63, 3.8) is 0 Å². The molecule has 10 heteroatoms. The SMILES string of the molecule is O=C1C(Cc2cn(-c3ccccc3)nc2-c2ccccc2)SC(=S)N1CCS(=O)(=O)O. The molecule has 31 heavy (non-hydrogen) atoms. The van der Waals surface area contributed by atoms with Crippen molar-refractivity contribution < 1.29 is 17.8 Å². The largest absolute Gasteiger partial charge is 0.296 e. The summed E-state index contributed by atoms with van der Waals surface area (Å²) in [5, 5.41) is 4.28. The maximum Gasteiger partial charge on any atom is 0.266 e. The van der Waals surface area contributed by atoms with Crippen LogP contribution in [-0.4, -0.2) is 55.4 Å². The van der Waals surface area contributed by atoms with Crippen LogP contribution in [0, 0.1) is 0 Å². The normalized spacial score (nSPS) is 16.8. The summed E-state index contributed by atoms with van der Waals surface area (Å²) < 4.78 is 33.2. The molecule has 160 valence electrons. The maximum absolute atomic E-state index is 12.9. The molecular weight excluding hydrogens is 454 g/mol. The number of para-hydroxylation sites is 1. The molecule has 0 aliphatic carbocycles. The highest BCUT2D eigenvalue weighted by Gasteiger charge is 2.38. The van der Waals surface area contributed by atoms with E-state index in [-0.39, 0.29) is 12.5 Å². The minimum Gasteiger partial charge on any atom is -0.296 e. The van der Waals surface area contributed by atoms with Gasteiger partial charge < -0.3 is 0 Å². The molecule has 1 fully saturated rings. The first-order valence-corrected chi connectivity index (χ1v) is 12.4. The van der Waals surface area contributed by atoms with Crippen molar-refractivity contribution in [1.82, 2.24) is 14.7 Å². The van der Waals surface area contributed by atoms with E-state index >= 15 is 0 Å². The van der Waals surface area contributed by atoms with Gasteiger partial charge in [0, 0.05) is 23.9 Å². The number of hydrogen-bond donors (Lipinski definition) is 1. The average Bonchev–Trinajstić information content (AvgIpc) is 3.28. The third kappa shape index (κ3) is 5.04. The van der Waals surface area contributed by atoms with Crippen LogP contribution in [0.2, 0.25) is 0 Å². The molecule has 1 atom stereocenters. The summed E-state index contributed by atoms with van der Waals surface area (Å²) in [5.74, 6) is -0.807. The zero-order chi connectivity index (χ0) is 22.0. The maximum atomic E-state index is 12.9. The van der Waals surface area contributed by atoms with Crippen molar-refractivity contribution in [1.29, 1.82) is 0 Å². The van der Waals surface area contributed by atoms with E-state index in [1.54, 1.807) is 4.68 Å². The van der Waals surface area contributed by atoms with Gasteiger partial charge in [-0.2, -0.15) is 13.5 Å². The van der Waals surface area contributed by atoms with Crippen molar-refractivity contribution >= 4 is 44.3 Å². The first kappa shape index (κ1) is 21.7. The van der Waals surface area contributed by atoms with Crippen LogP contribution in [0.25, 0.3) is 16.9 Å². The molecule has 1 N–H and O–H groups in total. The van der Waals surface area contributed by atoms with Gasteiger partial charge in [-0.15, -0.1) is 0 Å². The predicted molar refractivity (Wildman–Crippen MR) is 125 cm³/mol. The Morgan fingerprint density at radius 3 is 2.35 bits per heavy atom. The Hall–Kier alpha value is -2.53. The van der Waals surface area contributed by atoms with E-state index in [1.807, 2.05) is 66.9 Å². The number of benzene rings is 2.